The van der Waals surface area contributed by atoms with Crippen molar-refractivity contribution in [2.24, 2.45) is 0 Å². The summed E-state index contributed by atoms with van der Waals surface area (Å²) < 4.78 is 7.17. The molecule has 1 fully saturated rings. The molecule has 0 saturated carbocycles. The van der Waals surface area contributed by atoms with Crippen molar-refractivity contribution >= 4 is 32.7 Å². The molecule has 0 unspecified atom stereocenters. The number of quaternary nitrogens is 2. The number of fused-ring (bicyclic) bond motifs is 2. The van der Waals surface area contributed by atoms with Crippen molar-refractivity contribution in [1.29, 1.82) is 0 Å². The van der Waals surface area contributed by atoms with E-state index in [0.717, 1.165) is 48.7 Å². The molecule has 1 saturated heterocycles. The van der Waals surface area contributed by atoms with Crippen LogP contribution in [0.3, 0.4) is 0 Å². The summed E-state index contributed by atoms with van der Waals surface area (Å²) in [5.74, 6) is 0.857. The highest BCUT2D eigenvalue weighted by Crippen LogP contribution is 2.20. The maximum atomic E-state index is 5.88. The molecule has 26 heavy (non-hydrogen) atoms. The number of nitrogens with zero attached hydrogens (tertiary/aromatic N) is 2. The van der Waals surface area contributed by atoms with Gasteiger partial charge in [-0.1, -0.05) is 24.3 Å². The molecule has 6 heteroatoms. The Bertz CT molecular complexity index is 882. The second-order valence-corrected chi connectivity index (χ2v) is 8.12. The van der Waals surface area contributed by atoms with Crippen LogP contribution in [0.1, 0.15) is 10.9 Å². The summed E-state index contributed by atoms with van der Waals surface area (Å²) in [6, 6.07) is 16.4. The quantitative estimate of drug-likeness (QED) is 0.565. The molecule has 5 rings (SSSR count). The standard InChI is InChI=1S/C20H20N4OS/c1-3-7-17-15(5-1)21-19(25-17)13-23-9-11-24(12-10-23)14-20-22-16-6-2-4-8-18(16)26-20/h1-8H,9-14H2/p+2. The third-order valence-corrected chi connectivity index (χ3v) is 6.18. The number of piperazine rings is 1. The Morgan fingerprint density at radius 3 is 2.27 bits per heavy atom. The number of oxazole rings is 1. The van der Waals surface area contributed by atoms with Crippen molar-refractivity contribution in [3.63, 3.8) is 0 Å². The first-order valence-electron chi connectivity index (χ1n) is 9.19. The number of benzene rings is 2. The fourth-order valence-corrected chi connectivity index (χ4v) is 4.77. The van der Waals surface area contributed by atoms with Gasteiger partial charge in [-0.25, -0.2) is 9.97 Å². The molecule has 4 aromatic rings. The third kappa shape index (κ3) is 3.23. The zero-order valence-corrected chi connectivity index (χ0v) is 15.4. The Kier molecular flexibility index (Phi) is 4.16. The predicted octanol–water partition coefficient (Wildman–Crippen LogP) is 0.921. The Morgan fingerprint density at radius 2 is 1.50 bits per heavy atom. The van der Waals surface area contributed by atoms with E-state index in [1.165, 1.54) is 22.8 Å². The second-order valence-electron chi connectivity index (χ2n) is 7.00. The van der Waals surface area contributed by atoms with Gasteiger partial charge in [-0.15, -0.1) is 11.3 Å². The lowest BCUT2D eigenvalue weighted by Gasteiger charge is -2.28. The van der Waals surface area contributed by atoms with Gasteiger partial charge < -0.3 is 14.2 Å². The molecule has 0 spiro atoms. The van der Waals surface area contributed by atoms with E-state index in [4.69, 9.17) is 9.40 Å². The maximum absolute atomic E-state index is 5.88. The summed E-state index contributed by atoms with van der Waals surface area (Å²) in [5, 5.41) is 1.25. The maximum Gasteiger partial charge on any atom is 0.251 e. The van der Waals surface area contributed by atoms with Gasteiger partial charge in [0.2, 0.25) is 0 Å². The van der Waals surface area contributed by atoms with E-state index in [9.17, 15) is 0 Å². The molecule has 5 nitrogen and oxygen atoms in total. The minimum atomic E-state index is 0.857. The van der Waals surface area contributed by atoms with Crippen LogP contribution in [0.15, 0.2) is 52.9 Å². The van der Waals surface area contributed by atoms with Gasteiger partial charge in [0.05, 0.1) is 10.2 Å². The largest absolute Gasteiger partial charge is 0.435 e. The van der Waals surface area contributed by atoms with Crippen LogP contribution in [-0.4, -0.2) is 36.1 Å². The first kappa shape index (κ1) is 15.9. The van der Waals surface area contributed by atoms with Crippen molar-refractivity contribution < 1.29 is 14.2 Å². The highest BCUT2D eigenvalue weighted by Gasteiger charge is 2.25. The predicted molar refractivity (Wildman–Crippen MR) is 102 cm³/mol. The van der Waals surface area contributed by atoms with Crippen LogP contribution in [0.2, 0.25) is 0 Å². The number of aromatic nitrogens is 2. The molecule has 2 aromatic heterocycles. The molecule has 0 atom stereocenters. The molecule has 0 radical (unpaired) electrons. The van der Waals surface area contributed by atoms with E-state index in [1.807, 2.05) is 35.6 Å². The van der Waals surface area contributed by atoms with Crippen molar-refractivity contribution in [3.8, 4) is 0 Å². The Labute approximate surface area is 155 Å². The lowest BCUT2D eigenvalue weighted by atomic mass is 10.3. The fourth-order valence-electron chi connectivity index (χ4n) is 3.73. The van der Waals surface area contributed by atoms with Gasteiger partial charge in [-0.05, 0) is 24.3 Å². The lowest BCUT2D eigenvalue weighted by Crippen LogP contribution is -3.27. The number of thiazole rings is 1. The number of hydrogen-bond acceptors (Lipinski definition) is 4. The van der Waals surface area contributed by atoms with Gasteiger partial charge >= 0.3 is 0 Å². The van der Waals surface area contributed by atoms with E-state index < -0.39 is 0 Å². The molecule has 0 amide bonds. The summed E-state index contributed by atoms with van der Waals surface area (Å²) in [6.45, 7) is 6.56. The van der Waals surface area contributed by atoms with E-state index in [2.05, 4.69) is 29.2 Å². The Morgan fingerprint density at radius 1 is 0.808 bits per heavy atom. The summed E-state index contributed by atoms with van der Waals surface area (Å²) in [6.07, 6.45) is 0. The molecule has 0 bridgehead atoms. The summed E-state index contributed by atoms with van der Waals surface area (Å²) in [7, 11) is 0. The average Bonchev–Trinajstić information content (AvgIpc) is 3.25. The smallest absolute Gasteiger partial charge is 0.251 e. The van der Waals surface area contributed by atoms with E-state index in [1.54, 1.807) is 9.80 Å². The van der Waals surface area contributed by atoms with Crippen LogP contribution < -0.4 is 9.80 Å². The van der Waals surface area contributed by atoms with Crippen LogP contribution in [-0.2, 0) is 13.1 Å². The van der Waals surface area contributed by atoms with Gasteiger partial charge in [0, 0.05) is 0 Å². The molecule has 1 aliphatic rings. The van der Waals surface area contributed by atoms with Crippen LogP contribution >= 0.6 is 11.3 Å². The number of hydrogen-bond donors (Lipinski definition) is 2. The molecule has 0 aliphatic carbocycles. The van der Waals surface area contributed by atoms with Gasteiger partial charge in [-0.2, -0.15) is 0 Å². The number of para-hydroxylation sites is 3. The SMILES string of the molecule is c1ccc2oc(C[NH+]3CC[NH+](Cc4nc5ccccc5s4)CC3)nc2c1. The number of nitrogens with one attached hydrogen (secondary N) is 2. The lowest BCUT2D eigenvalue weighted by molar-refractivity contribution is -1.02. The van der Waals surface area contributed by atoms with E-state index in [-0.39, 0.29) is 0 Å². The molecule has 2 aromatic carbocycles. The topological polar surface area (TPSA) is 47.8 Å². The van der Waals surface area contributed by atoms with Crippen molar-refractivity contribution in [2.45, 2.75) is 13.1 Å². The molecular weight excluding hydrogens is 344 g/mol. The average molecular weight is 366 g/mol. The monoisotopic (exact) mass is 366 g/mol. The second kappa shape index (κ2) is 6.79. The van der Waals surface area contributed by atoms with E-state index >= 15 is 0 Å². The fraction of sp³-hybridized carbons (Fsp3) is 0.300. The highest BCUT2D eigenvalue weighted by molar-refractivity contribution is 7.18. The van der Waals surface area contributed by atoms with Gasteiger partial charge in [-0.3, -0.25) is 0 Å². The first-order valence-corrected chi connectivity index (χ1v) is 10.0. The molecule has 3 heterocycles. The summed E-state index contributed by atoms with van der Waals surface area (Å²) in [4.78, 5) is 12.6. The molecule has 1 aliphatic heterocycles. The molecular formula is C20H22N4OS+2. The van der Waals surface area contributed by atoms with Gasteiger partial charge in [0.15, 0.2) is 12.1 Å². The highest BCUT2D eigenvalue weighted by atomic mass is 32.1. The Hall–Kier alpha value is -2.28. The third-order valence-electron chi connectivity index (χ3n) is 5.14. The normalized spacial score (nSPS) is 20.8. The van der Waals surface area contributed by atoms with Crippen LogP contribution in [0.5, 0.6) is 0 Å². The van der Waals surface area contributed by atoms with Crippen LogP contribution in [0, 0.1) is 0 Å². The van der Waals surface area contributed by atoms with Crippen LogP contribution in [0.25, 0.3) is 21.3 Å². The van der Waals surface area contributed by atoms with Crippen molar-refractivity contribution in [1.82, 2.24) is 9.97 Å². The zero-order chi connectivity index (χ0) is 17.3. The Balaban J connectivity index is 1.19. The minimum absolute atomic E-state index is 0.857. The first-order chi connectivity index (χ1) is 12.8. The summed E-state index contributed by atoms with van der Waals surface area (Å²) >= 11 is 1.83. The molecule has 2 N–H and O–H groups in total. The zero-order valence-electron chi connectivity index (χ0n) is 14.6. The van der Waals surface area contributed by atoms with Crippen molar-refractivity contribution in [2.75, 3.05) is 26.2 Å². The van der Waals surface area contributed by atoms with E-state index in [0.29, 0.717) is 0 Å². The van der Waals surface area contributed by atoms with Gasteiger partial charge in [0.1, 0.15) is 43.2 Å². The summed E-state index contributed by atoms with van der Waals surface area (Å²) in [5.41, 5.74) is 2.98. The van der Waals surface area contributed by atoms with Crippen molar-refractivity contribution in [3.05, 3.63) is 59.4 Å². The number of rotatable bonds is 4. The minimum Gasteiger partial charge on any atom is -0.435 e. The molecule has 132 valence electrons. The van der Waals surface area contributed by atoms with Gasteiger partial charge in [0.25, 0.3) is 5.89 Å². The van der Waals surface area contributed by atoms with Crippen LogP contribution in [0.4, 0.5) is 0 Å².